The number of sulfone groups is 1. The van der Waals surface area contributed by atoms with E-state index in [1.165, 1.54) is 4.90 Å². The van der Waals surface area contributed by atoms with Crippen LogP contribution >= 0.6 is 28.3 Å². The molecule has 1 aliphatic rings. The summed E-state index contributed by atoms with van der Waals surface area (Å²) in [5.41, 5.74) is 6.40. The number of benzene rings is 1. The third-order valence-electron chi connectivity index (χ3n) is 3.22. The Morgan fingerprint density at radius 1 is 1.33 bits per heavy atom. The molecule has 1 saturated heterocycles. The maximum absolute atomic E-state index is 12.0. The first-order chi connectivity index (χ1) is 9.35. The van der Waals surface area contributed by atoms with Crippen molar-refractivity contribution in [1.82, 2.24) is 4.90 Å². The Bertz CT molecular complexity index is 592. The van der Waals surface area contributed by atoms with E-state index in [1.54, 1.807) is 24.3 Å². The summed E-state index contributed by atoms with van der Waals surface area (Å²) in [5.74, 6) is -0.920. The van der Waals surface area contributed by atoms with Gasteiger partial charge in [0, 0.05) is 23.6 Å². The fraction of sp³-hybridized carbons (Fsp3) is 0.462. The number of halogens is 2. The lowest BCUT2D eigenvalue weighted by Gasteiger charge is -2.15. The number of likely N-dealkylation sites (tertiary alicyclic amines) is 1. The van der Waals surface area contributed by atoms with Gasteiger partial charge in [-0.15, -0.1) is 12.4 Å². The molecule has 1 amide bonds. The zero-order valence-electron chi connectivity index (χ0n) is 11.4. The van der Waals surface area contributed by atoms with Crippen molar-refractivity contribution in [3.05, 3.63) is 34.3 Å². The number of carbonyl (C=O) groups is 1. The van der Waals surface area contributed by atoms with Gasteiger partial charge in [-0.2, -0.15) is 0 Å². The van der Waals surface area contributed by atoms with Crippen LogP contribution in [0.5, 0.6) is 0 Å². The zero-order chi connectivity index (χ0) is 14.8. The number of carbonyl (C=O) groups excluding carboxylic acids is 1. The first-order valence-corrected chi connectivity index (χ1v) is 8.95. The van der Waals surface area contributed by atoms with Gasteiger partial charge < -0.3 is 10.6 Å². The van der Waals surface area contributed by atoms with Gasteiger partial charge in [-0.25, -0.2) is 8.42 Å². The van der Waals surface area contributed by atoms with Gasteiger partial charge in [-0.1, -0.05) is 28.1 Å². The van der Waals surface area contributed by atoms with Crippen LogP contribution in [0.25, 0.3) is 0 Å². The summed E-state index contributed by atoms with van der Waals surface area (Å²) in [6, 6.07) is 7.00. The fourth-order valence-corrected chi connectivity index (χ4v) is 3.80. The molecule has 0 aliphatic carbocycles. The van der Waals surface area contributed by atoms with Gasteiger partial charge in [-0.05, 0) is 24.1 Å². The Labute approximate surface area is 139 Å². The highest BCUT2D eigenvalue weighted by atomic mass is 79.9. The van der Waals surface area contributed by atoms with Gasteiger partial charge in [0.1, 0.15) is 5.75 Å². The first-order valence-electron chi connectivity index (χ1n) is 6.34. The van der Waals surface area contributed by atoms with E-state index in [2.05, 4.69) is 15.9 Å². The topological polar surface area (TPSA) is 80.5 Å². The van der Waals surface area contributed by atoms with Crippen molar-refractivity contribution in [1.29, 1.82) is 0 Å². The van der Waals surface area contributed by atoms with Crippen molar-refractivity contribution < 1.29 is 13.2 Å². The minimum absolute atomic E-state index is 0. The summed E-state index contributed by atoms with van der Waals surface area (Å²) >= 11 is 3.29. The summed E-state index contributed by atoms with van der Waals surface area (Å²) in [5, 5.41) is 0. The third-order valence-corrected chi connectivity index (χ3v) is 5.21. The summed E-state index contributed by atoms with van der Waals surface area (Å²) in [6.07, 6.45) is 0.735. The van der Waals surface area contributed by atoms with Crippen LogP contribution in [0, 0.1) is 0 Å². The van der Waals surface area contributed by atoms with Crippen LogP contribution in [-0.4, -0.2) is 44.1 Å². The Morgan fingerprint density at radius 2 is 1.95 bits per heavy atom. The molecule has 0 saturated carbocycles. The monoisotopic (exact) mass is 396 g/mol. The quantitative estimate of drug-likeness (QED) is 0.831. The second-order valence-electron chi connectivity index (χ2n) is 5.05. The van der Waals surface area contributed by atoms with Crippen LogP contribution in [0.1, 0.15) is 12.0 Å². The maximum Gasteiger partial charge on any atom is 0.237 e. The van der Waals surface area contributed by atoms with E-state index in [1.807, 2.05) is 0 Å². The number of hydrogen-bond acceptors (Lipinski definition) is 4. The lowest BCUT2D eigenvalue weighted by molar-refractivity contribution is -0.127. The van der Waals surface area contributed by atoms with Crippen molar-refractivity contribution in [2.24, 2.45) is 5.73 Å². The van der Waals surface area contributed by atoms with E-state index in [4.69, 9.17) is 5.73 Å². The number of nitrogens with zero attached hydrogens (tertiary/aromatic N) is 1. The summed E-state index contributed by atoms with van der Waals surface area (Å²) < 4.78 is 25.0. The zero-order valence-corrected chi connectivity index (χ0v) is 14.6. The molecule has 2 N–H and O–H groups in total. The number of nitrogens with two attached hydrogens (primary N) is 1. The molecule has 1 unspecified atom stereocenters. The molecule has 5 nitrogen and oxygen atoms in total. The highest BCUT2D eigenvalue weighted by Gasteiger charge is 2.27. The minimum Gasteiger partial charge on any atom is -0.340 e. The van der Waals surface area contributed by atoms with Crippen LogP contribution in [0.4, 0.5) is 0 Å². The predicted molar refractivity (Wildman–Crippen MR) is 88.1 cm³/mol. The molecule has 1 heterocycles. The highest BCUT2D eigenvalue weighted by molar-refractivity contribution is 9.10. The van der Waals surface area contributed by atoms with Gasteiger partial charge in [0.25, 0.3) is 0 Å². The lowest BCUT2D eigenvalue weighted by Crippen LogP contribution is -2.36. The maximum atomic E-state index is 12.0. The smallest absolute Gasteiger partial charge is 0.237 e. The van der Waals surface area contributed by atoms with Gasteiger partial charge in [-0.3, -0.25) is 4.79 Å². The number of hydrogen-bond donors (Lipinski definition) is 1. The SMILES string of the molecule is Cl.NC1CCN(C(=O)CS(=O)(=O)Cc2ccc(Br)cc2)C1. The standard InChI is InChI=1S/C13H17BrN2O3S.ClH/c14-11-3-1-10(2-4-11)8-20(18,19)9-13(17)16-6-5-12(15)7-16;/h1-4,12H,5-9,15H2;1H. The van der Waals surface area contributed by atoms with E-state index < -0.39 is 15.6 Å². The van der Waals surface area contributed by atoms with Crippen LogP contribution in [-0.2, 0) is 20.4 Å². The molecule has 1 aliphatic heterocycles. The Balaban J connectivity index is 0.00000220. The predicted octanol–water partition coefficient (Wildman–Crippen LogP) is 1.35. The number of amides is 1. The Morgan fingerprint density at radius 3 is 2.48 bits per heavy atom. The molecule has 8 heteroatoms. The highest BCUT2D eigenvalue weighted by Crippen LogP contribution is 2.14. The van der Waals surface area contributed by atoms with E-state index in [0.29, 0.717) is 18.7 Å². The molecule has 0 bridgehead atoms. The molecule has 21 heavy (non-hydrogen) atoms. The fourth-order valence-electron chi connectivity index (χ4n) is 2.18. The second kappa shape index (κ2) is 7.58. The van der Waals surface area contributed by atoms with Gasteiger partial charge in [0.05, 0.1) is 5.75 Å². The molecular weight excluding hydrogens is 380 g/mol. The van der Waals surface area contributed by atoms with Crippen molar-refractivity contribution in [3.63, 3.8) is 0 Å². The molecule has 1 atom stereocenters. The lowest BCUT2D eigenvalue weighted by atomic mass is 10.2. The van der Waals surface area contributed by atoms with E-state index in [-0.39, 0.29) is 30.1 Å². The normalized spacial score (nSPS) is 18.4. The minimum atomic E-state index is -3.45. The van der Waals surface area contributed by atoms with Crippen molar-refractivity contribution in [3.8, 4) is 0 Å². The van der Waals surface area contributed by atoms with E-state index in [0.717, 1.165) is 10.9 Å². The summed E-state index contributed by atoms with van der Waals surface area (Å²) in [7, 11) is -3.45. The van der Waals surface area contributed by atoms with Crippen molar-refractivity contribution in [2.45, 2.75) is 18.2 Å². The van der Waals surface area contributed by atoms with Crippen molar-refractivity contribution in [2.75, 3.05) is 18.8 Å². The van der Waals surface area contributed by atoms with E-state index >= 15 is 0 Å². The molecule has 1 aromatic carbocycles. The average Bonchev–Trinajstić information content (AvgIpc) is 2.78. The molecule has 0 aromatic heterocycles. The molecule has 1 fully saturated rings. The summed E-state index contributed by atoms with van der Waals surface area (Å²) in [6.45, 7) is 1.00. The molecular formula is C13H18BrClN2O3S. The Hall–Kier alpha value is -0.630. The molecule has 0 radical (unpaired) electrons. The molecule has 0 spiro atoms. The van der Waals surface area contributed by atoms with Gasteiger partial charge in [0.2, 0.25) is 5.91 Å². The largest absolute Gasteiger partial charge is 0.340 e. The molecule has 118 valence electrons. The number of rotatable bonds is 4. The van der Waals surface area contributed by atoms with Crippen LogP contribution in [0.2, 0.25) is 0 Å². The third kappa shape index (κ3) is 5.58. The van der Waals surface area contributed by atoms with Gasteiger partial charge >= 0.3 is 0 Å². The van der Waals surface area contributed by atoms with Crippen LogP contribution in [0.3, 0.4) is 0 Å². The first kappa shape index (κ1) is 18.4. The van der Waals surface area contributed by atoms with Crippen LogP contribution < -0.4 is 5.73 Å². The average molecular weight is 398 g/mol. The van der Waals surface area contributed by atoms with Gasteiger partial charge in [0.15, 0.2) is 9.84 Å². The second-order valence-corrected chi connectivity index (χ2v) is 8.03. The van der Waals surface area contributed by atoms with Crippen molar-refractivity contribution >= 4 is 44.1 Å². The molecule has 1 aromatic rings. The Kier molecular flexibility index (Phi) is 6.65. The van der Waals surface area contributed by atoms with E-state index in [9.17, 15) is 13.2 Å². The summed E-state index contributed by atoms with van der Waals surface area (Å²) in [4.78, 5) is 13.5. The van der Waals surface area contributed by atoms with Crippen LogP contribution in [0.15, 0.2) is 28.7 Å². The molecule has 2 rings (SSSR count).